The van der Waals surface area contributed by atoms with Crippen molar-refractivity contribution in [2.45, 2.75) is 62.9 Å². The third kappa shape index (κ3) is 6.83. The Hall–Kier alpha value is -2.85. The van der Waals surface area contributed by atoms with E-state index >= 15 is 0 Å². The van der Waals surface area contributed by atoms with Gasteiger partial charge in [-0.25, -0.2) is 0 Å². The van der Waals surface area contributed by atoms with Crippen LogP contribution in [0.15, 0.2) is 36.4 Å². The second kappa shape index (κ2) is 11.5. The zero-order chi connectivity index (χ0) is 24.8. The zero-order valence-electron chi connectivity index (χ0n) is 18.7. The van der Waals surface area contributed by atoms with E-state index in [1.54, 1.807) is 12.1 Å². The van der Waals surface area contributed by atoms with E-state index in [9.17, 15) is 40.5 Å². The molecule has 186 valence electrons. The van der Waals surface area contributed by atoms with Gasteiger partial charge in [0.25, 0.3) is 0 Å². The summed E-state index contributed by atoms with van der Waals surface area (Å²) in [6, 6.07) is 8.94. The molecule has 5 unspecified atom stereocenters. The maximum absolute atomic E-state index is 12.8. The van der Waals surface area contributed by atoms with Gasteiger partial charge in [-0.1, -0.05) is 12.1 Å². The Bertz CT molecular complexity index is 977. The first kappa shape index (κ1) is 25.8. The van der Waals surface area contributed by atoms with E-state index in [4.69, 9.17) is 4.74 Å². The molecule has 7 N–H and O–H groups in total. The Morgan fingerprint density at radius 3 is 2.03 bits per heavy atom. The summed E-state index contributed by atoms with van der Waals surface area (Å²) < 4.78 is 5.53. The van der Waals surface area contributed by atoms with Crippen LogP contribution in [0, 0.1) is 5.92 Å². The molecule has 0 bridgehead atoms. The molecule has 0 aliphatic carbocycles. The summed E-state index contributed by atoms with van der Waals surface area (Å²) in [6.07, 6.45) is -2.39. The molecule has 1 fully saturated rings. The molecule has 0 aromatic heterocycles. The molecule has 1 aliphatic heterocycles. The normalized spacial score (nSPS) is 23.5. The molecule has 1 aliphatic rings. The SMILES string of the molecule is O=C(CCc1ccc(O)c(O)c1)CC(CCc1ccc(O)c(O)c1)CC1OCC(O)C(O)C1O. The van der Waals surface area contributed by atoms with E-state index in [0.29, 0.717) is 31.2 Å². The first-order valence-corrected chi connectivity index (χ1v) is 11.3. The van der Waals surface area contributed by atoms with Gasteiger partial charge in [0.1, 0.15) is 24.1 Å². The van der Waals surface area contributed by atoms with Crippen LogP contribution in [-0.4, -0.2) is 72.6 Å². The summed E-state index contributed by atoms with van der Waals surface area (Å²) in [5.41, 5.74) is 1.48. The summed E-state index contributed by atoms with van der Waals surface area (Å²) in [6.45, 7) is -0.111. The zero-order valence-corrected chi connectivity index (χ0v) is 18.7. The molecule has 0 spiro atoms. The van der Waals surface area contributed by atoms with E-state index in [2.05, 4.69) is 0 Å². The number of rotatable bonds is 10. The number of hydrogen-bond donors (Lipinski definition) is 7. The number of benzene rings is 2. The highest BCUT2D eigenvalue weighted by Gasteiger charge is 2.38. The number of aliphatic hydroxyl groups is 3. The fourth-order valence-electron chi connectivity index (χ4n) is 4.23. The Kier molecular flexibility index (Phi) is 8.73. The Balaban J connectivity index is 1.63. The summed E-state index contributed by atoms with van der Waals surface area (Å²) in [5.74, 6) is -1.17. The van der Waals surface area contributed by atoms with Crippen LogP contribution in [0.3, 0.4) is 0 Å². The van der Waals surface area contributed by atoms with Gasteiger partial charge >= 0.3 is 0 Å². The van der Waals surface area contributed by atoms with Gasteiger partial charge in [-0.15, -0.1) is 0 Å². The predicted molar refractivity (Wildman–Crippen MR) is 122 cm³/mol. The quantitative estimate of drug-likeness (QED) is 0.251. The van der Waals surface area contributed by atoms with Crippen molar-refractivity contribution in [2.75, 3.05) is 6.61 Å². The number of aromatic hydroxyl groups is 4. The minimum atomic E-state index is -1.33. The molecule has 9 heteroatoms. The van der Waals surface area contributed by atoms with Gasteiger partial charge in [0.15, 0.2) is 23.0 Å². The molecule has 5 atom stereocenters. The Morgan fingerprint density at radius 1 is 0.853 bits per heavy atom. The molecular weight excluding hydrogens is 444 g/mol. The van der Waals surface area contributed by atoms with Crippen molar-refractivity contribution in [3.63, 3.8) is 0 Å². The highest BCUT2D eigenvalue weighted by molar-refractivity contribution is 5.78. The molecule has 1 heterocycles. The minimum Gasteiger partial charge on any atom is -0.504 e. The molecule has 0 saturated carbocycles. The standard InChI is InChI=1S/C25H32O9/c26-17(6-3-15-5-8-19(28)21(30)11-15)9-16(2-1-14-4-7-18(27)20(29)10-14)12-23-25(33)24(32)22(31)13-34-23/h4-5,7-8,10-11,16,22-25,27-33H,1-3,6,9,12-13H2. The number of hydrogen-bond acceptors (Lipinski definition) is 9. The molecule has 2 aromatic rings. The average Bonchev–Trinajstić information content (AvgIpc) is 2.80. The molecule has 0 amide bonds. The second-order valence-corrected chi connectivity index (χ2v) is 8.95. The summed E-state index contributed by atoms with van der Waals surface area (Å²) >= 11 is 0. The van der Waals surface area contributed by atoms with Crippen molar-refractivity contribution in [1.29, 1.82) is 0 Å². The average molecular weight is 477 g/mol. The van der Waals surface area contributed by atoms with Crippen LogP contribution in [-0.2, 0) is 22.4 Å². The van der Waals surface area contributed by atoms with Gasteiger partial charge < -0.3 is 40.5 Å². The molecule has 34 heavy (non-hydrogen) atoms. The third-order valence-electron chi connectivity index (χ3n) is 6.30. The molecule has 9 nitrogen and oxygen atoms in total. The predicted octanol–water partition coefficient (Wildman–Crippen LogP) is 1.52. The fourth-order valence-corrected chi connectivity index (χ4v) is 4.23. The molecule has 0 radical (unpaired) electrons. The number of phenolic OH excluding ortho intramolecular Hbond substituents is 4. The lowest BCUT2D eigenvalue weighted by molar-refractivity contribution is -0.191. The van der Waals surface area contributed by atoms with Gasteiger partial charge in [0, 0.05) is 12.8 Å². The Morgan fingerprint density at radius 2 is 1.44 bits per heavy atom. The number of ketones is 1. The highest BCUT2D eigenvalue weighted by Crippen LogP contribution is 2.30. The number of carbonyl (C=O) groups is 1. The largest absolute Gasteiger partial charge is 0.504 e. The van der Waals surface area contributed by atoms with E-state index in [0.717, 1.165) is 5.56 Å². The summed E-state index contributed by atoms with van der Waals surface area (Å²) in [5, 5.41) is 68.3. The van der Waals surface area contributed by atoms with E-state index in [-0.39, 0.29) is 54.1 Å². The number of carbonyl (C=O) groups excluding carboxylic acids is 1. The van der Waals surface area contributed by atoms with Crippen LogP contribution in [0.1, 0.15) is 36.8 Å². The van der Waals surface area contributed by atoms with Crippen LogP contribution in [0.2, 0.25) is 0 Å². The molecular formula is C25H32O9. The first-order valence-electron chi connectivity index (χ1n) is 11.3. The minimum absolute atomic E-state index is 0.0306. The lowest BCUT2D eigenvalue weighted by atomic mass is 9.85. The topological polar surface area (TPSA) is 168 Å². The first-order chi connectivity index (χ1) is 16.1. The maximum atomic E-state index is 12.8. The number of ether oxygens (including phenoxy) is 1. The number of Topliss-reactive ketones (excluding diaryl/α,β-unsaturated/α-hetero) is 1. The maximum Gasteiger partial charge on any atom is 0.157 e. The molecule has 3 rings (SSSR count). The van der Waals surface area contributed by atoms with E-state index < -0.39 is 24.4 Å². The number of phenols is 4. The van der Waals surface area contributed by atoms with Crippen molar-refractivity contribution in [1.82, 2.24) is 0 Å². The van der Waals surface area contributed by atoms with Crippen molar-refractivity contribution >= 4 is 5.78 Å². The van der Waals surface area contributed by atoms with Crippen LogP contribution < -0.4 is 0 Å². The van der Waals surface area contributed by atoms with Gasteiger partial charge in [-0.3, -0.25) is 4.79 Å². The second-order valence-electron chi connectivity index (χ2n) is 8.95. The van der Waals surface area contributed by atoms with Gasteiger partial charge in [-0.2, -0.15) is 0 Å². The van der Waals surface area contributed by atoms with Crippen LogP contribution in [0.4, 0.5) is 0 Å². The van der Waals surface area contributed by atoms with E-state index in [1.807, 2.05) is 0 Å². The lowest BCUT2D eigenvalue weighted by Gasteiger charge is -2.37. The van der Waals surface area contributed by atoms with Crippen molar-refractivity contribution in [3.8, 4) is 23.0 Å². The highest BCUT2D eigenvalue weighted by atomic mass is 16.5. The van der Waals surface area contributed by atoms with Crippen LogP contribution in [0.25, 0.3) is 0 Å². The lowest BCUT2D eigenvalue weighted by Crippen LogP contribution is -2.53. The smallest absolute Gasteiger partial charge is 0.157 e. The van der Waals surface area contributed by atoms with E-state index in [1.165, 1.54) is 24.3 Å². The fraction of sp³-hybridized carbons (Fsp3) is 0.480. The summed E-state index contributed by atoms with van der Waals surface area (Å²) in [4.78, 5) is 12.8. The monoisotopic (exact) mass is 476 g/mol. The molecule has 1 saturated heterocycles. The third-order valence-corrected chi connectivity index (χ3v) is 6.30. The number of aryl methyl sites for hydroxylation is 2. The van der Waals surface area contributed by atoms with Crippen molar-refractivity contribution in [2.24, 2.45) is 5.92 Å². The van der Waals surface area contributed by atoms with Crippen LogP contribution >= 0.6 is 0 Å². The molecule has 2 aromatic carbocycles. The Labute approximate surface area is 197 Å². The number of aliphatic hydroxyl groups excluding tert-OH is 3. The van der Waals surface area contributed by atoms with Gasteiger partial charge in [0.2, 0.25) is 0 Å². The van der Waals surface area contributed by atoms with Gasteiger partial charge in [0.05, 0.1) is 12.7 Å². The summed E-state index contributed by atoms with van der Waals surface area (Å²) in [7, 11) is 0. The van der Waals surface area contributed by atoms with Gasteiger partial charge in [-0.05, 0) is 67.0 Å². The van der Waals surface area contributed by atoms with Crippen molar-refractivity contribution in [3.05, 3.63) is 47.5 Å². The van der Waals surface area contributed by atoms with Crippen LogP contribution in [0.5, 0.6) is 23.0 Å². The van der Waals surface area contributed by atoms with Crippen molar-refractivity contribution < 1.29 is 45.3 Å².